The highest BCUT2D eigenvalue weighted by molar-refractivity contribution is 5.92. The molecule has 1 aromatic rings. The predicted octanol–water partition coefficient (Wildman–Crippen LogP) is 2.09. The van der Waals surface area contributed by atoms with Crippen LogP contribution in [0.1, 0.15) is 32.3 Å². The Kier molecular flexibility index (Phi) is 8.35. The molecule has 7 heteroatoms. The fourth-order valence-electron chi connectivity index (χ4n) is 2.69. The summed E-state index contributed by atoms with van der Waals surface area (Å²) in [5, 5.41) is 9.04. The predicted molar refractivity (Wildman–Crippen MR) is 101 cm³/mol. The van der Waals surface area contributed by atoms with E-state index < -0.39 is 5.60 Å². The Bertz CT molecular complexity index is 569. The number of halogens is 1. The first-order valence-electron chi connectivity index (χ1n) is 8.41. The highest BCUT2D eigenvalue weighted by Crippen LogP contribution is 2.22. The van der Waals surface area contributed by atoms with Gasteiger partial charge in [0.15, 0.2) is 0 Å². The number of hydrogen-bond donors (Lipinski definition) is 3. The van der Waals surface area contributed by atoms with Gasteiger partial charge in [0.1, 0.15) is 5.60 Å². The molecule has 6 nitrogen and oxygen atoms in total. The zero-order valence-corrected chi connectivity index (χ0v) is 15.9. The van der Waals surface area contributed by atoms with Crippen LogP contribution in [-0.2, 0) is 20.9 Å². The van der Waals surface area contributed by atoms with E-state index in [-0.39, 0.29) is 30.1 Å². The zero-order chi connectivity index (χ0) is 17.6. The molecule has 0 bridgehead atoms. The Balaban J connectivity index is 0.00000312. The molecule has 0 radical (unpaired) electrons. The Morgan fingerprint density at radius 3 is 2.32 bits per heavy atom. The molecule has 1 aromatic carbocycles. The molecule has 0 saturated carbocycles. The van der Waals surface area contributed by atoms with Crippen LogP contribution in [-0.4, -0.2) is 37.6 Å². The van der Waals surface area contributed by atoms with Gasteiger partial charge < -0.3 is 20.7 Å². The van der Waals surface area contributed by atoms with E-state index in [0.717, 1.165) is 24.3 Å². The van der Waals surface area contributed by atoms with E-state index in [9.17, 15) is 9.59 Å². The van der Waals surface area contributed by atoms with Gasteiger partial charge in [0.2, 0.25) is 5.91 Å². The Morgan fingerprint density at radius 1 is 1.20 bits per heavy atom. The molecular formula is C18H28ClN3O3. The number of anilines is 1. The van der Waals surface area contributed by atoms with Crippen molar-refractivity contribution >= 4 is 29.9 Å². The lowest BCUT2D eigenvalue weighted by Crippen LogP contribution is -2.53. The number of methoxy groups -OCH3 is 1. The minimum absolute atomic E-state index is 0. The van der Waals surface area contributed by atoms with E-state index >= 15 is 0 Å². The number of nitrogens with one attached hydrogen (secondary N) is 3. The second kappa shape index (κ2) is 9.75. The summed E-state index contributed by atoms with van der Waals surface area (Å²) in [7, 11) is 1.59. The summed E-state index contributed by atoms with van der Waals surface area (Å²) in [6, 6.07) is 7.49. The summed E-state index contributed by atoms with van der Waals surface area (Å²) < 4.78 is 5.51. The van der Waals surface area contributed by atoms with Gasteiger partial charge in [-0.15, -0.1) is 12.4 Å². The maximum atomic E-state index is 12.5. The van der Waals surface area contributed by atoms with Crippen molar-refractivity contribution in [2.75, 3.05) is 25.5 Å². The largest absolute Gasteiger partial charge is 0.368 e. The van der Waals surface area contributed by atoms with Crippen LogP contribution in [0.4, 0.5) is 5.69 Å². The third-order valence-corrected chi connectivity index (χ3v) is 4.41. The molecule has 1 fully saturated rings. The quantitative estimate of drug-likeness (QED) is 0.717. The summed E-state index contributed by atoms with van der Waals surface area (Å²) in [6.45, 7) is 5.71. The van der Waals surface area contributed by atoms with Crippen LogP contribution in [0.15, 0.2) is 24.3 Å². The van der Waals surface area contributed by atoms with Gasteiger partial charge in [0, 0.05) is 25.3 Å². The lowest BCUT2D eigenvalue weighted by Gasteiger charge is -2.34. The van der Waals surface area contributed by atoms with Crippen molar-refractivity contribution in [1.82, 2.24) is 10.6 Å². The van der Waals surface area contributed by atoms with Crippen molar-refractivity contribution in [1.29, 1.82) is 0 Å². The Morgan fingerprint density at radius 2 is 1.80 bits per heavy atom. The molecule has 2 amide bonds. The van der Waals surface area contributed by atoms with Gasteiger partial charge in [-0.3, -0.25) is 9.59 Å². The van der Waals surface area contributed by atoms with Crippen LogP contribution in [0, 0.1) is 5.92 Å². The number of ether oxygens (including phenoxy) is 1. The number of benzene rings is 1. The van der Waals surface area contributed by atoms with E-state index in [1.165, 1.54) is 0 Å². The number of carbonyl (C=O) groups is 2. The lowest BCUT2D eigenvalue weighted by atomic mass is 9.91. The standard InChI is InChI=1S/C18H27N3O3.ClH/c1-13(2)16(22)21-15-6-4-14(5-7-15)12-20-17(23)18(24-3)8-10-19-11-9-18;/h4-7,13,19H,8-12H2,1-3H3,(H,20,23)(H,21,22);1H. The van der Waals surface area contributed by atoms with Crippen LogP contribution in [0.5, 0.6) is 0 Å². The lowest BCUT2D eigenvalue weighted by molar-refractivity contribution is -0.146. The molecule has 0 atom stereocenters. The van der Waals surface area contributed by atoms with Gasteiger partial charge in [0.25, 0.3) is 5.91 Å². The van der Waals surface area contributed by atoms with Gasteiger partial charge in [0.05, 0.1) is 0 Å². The molecule has 3 N–H and O–H groups in total. The highest BCUT2D eigenvalue weighted by Gasteiger charge is 2.39. The van der Waals surface area contributed by atoms with Crippen LogP contribution in [0.3, 0.4) is 0 Å². The van der Waals surface area contributed by atoms with E-state index in [1.807, 2.05) is 38.1 Å². The molecule has 1 heterocycles. The molecule has 0 unspecified atom stereocenters. The zero-order valence-electron chi connectivity index (χ0n) is 15.1. The summed E-state index contributed by atoms with van der Waals surface area (Å²) in [4.78, 5) is 24.2. The first-order valence-corrected chi connectivity index (χ1v) is 8.41. The fourth-order valence-corrected chi connectivity index (χ4v) is 2.69. The second-order valence-corrected chi connectivity index (χ2v) is 6.47. The maximum Gasteiger partial charge on any atom is 0.252 e. The van der Waals surface area contributed by atoms with E-state index in [0.29, 0.717) is 19.4 Å². The van der Waals surface area contributed by atoms with Crippen molar-refractivity contribution in [3.05, 3.63) is 29.8 Å². The van der Waals surface area contributed by atoms with Crippen molar-refractivity contribution in [3.8, 4) is 0 Å². The minimum Gasteiger partial charge on any atom is -0.368 e. The molecule has 1 saturated heterocycles. The summed E-state index contributed by atoms with van der Waals surface area (Å²) in [5.41, 5.74) is 1.01. The average Bonchev–Trinajstić information content (AvgIpc) is 2.61. The third kappa shape index (κ3) is 5.70. The molecule has 0 aliphatic carbocycles. The topological polar surface area (TPSA) is 79.5 Å². The fraction of sp³-hybridized carbons (Fsp3) is 0.556. The van der Waals surface area contributed by atoms with E-state index in [2.05, 4.69) is 16.0 Å². The summed E-state index contributed by atoms with van der Waals surface area (Å²) >= 11 is 0. The average molecular weight is 370 g/mol. The van der Waals surface area contributed by atoms with Gasteiger partial charge in [-0.05, 0) is 43.6 Å². The number of rotatable bonds is 6. The Hall–Kier alpha value is -1.63. The number of carbonyl (C=O) groups excluding carboxylic acids is 2. The molecule has 2 rings (SSSR count). The van der Waals surface area contributed by atoms with Crippen LogP contribution in [0.2, 0.25) is 0 Å². The molecule has 1 aliphatic heterocycles. The molecule has 140 valence electrons. The van der Waals surface area contributed by atoms with Crippen LogP contribution >= 0.6 is 12.4 Å². The molecule has 25 heavy (non-hydrogen) atoms. The van der Waals surface area contributed by atoms with Crippen LogP contribution in [0.25, 0.3) is 0 Å². The molecular weight excluding hydrogens is 342 g/mol. The number of hydrogen-bond acceptors (Lipinski definition) is 4. The van der Waals surface area contributed by atoms with Gasteiger partial charge in [-0.2, -0.15) is 0 Å². The summed E-state index contributed by atoms with van der Waals surface area (Å²) in [5.74, 6) is -0.133. The van der Waals surface area contributed by atoms with Gasteiger partial charge in [-0.25, -0.2) is 0 Å². The first kappa shape index (κ1) is 21.4. The van der Waals surface area contributed by atoms with Gasteiger partial charge in [-0.1, -0.05) is 26.0 Å². The normalized spacial score (nSPS) is 16.0. The Labute approximate surface area is 155 Å². The SMILES string of the molecule is COC1(C(=O)NCc2ccc(NC(=O)C(C)C)cc2)CCNCC1.Cl. The molecule has 0 aromatic heterocycles. The monoisotopic (exact) mass is 369 g/mol. The summed E-state index contributed by atoms with van der Waals surface area (Å²) in [6.07, 6.45) is 1.35. The molecule has 1 aliphatic rings. The third-order valence-electron chi connectivity index (χ3n) is 4.41. The van der Waals surface area contributed by atoms with E-state index in [1.54, 1.807) is 7.11 Å². The van der Waals surface area contributed by atoms with Crippen molar-refractivity contribution in [3.63, 3.8) is 0 Å². The number of piperidine rings is 1. The van der Waals surface area contributed by atoms with Crippen molar-refractivity contribution in [2.24, 2.45) is 5.92 Å². The van der Waals surface area contributed by atoms with Crippen molar-refractivity contribution in [2.45, 2.75) is 38.8 Å². The van der Waals surface area contributed by atoms with E-state index in [4.69, 9.17) is 4.74 Å². The molecule has 0 spiro atoms. The minimum atomic E-state index is -0.726. The van der Waals surface area contributed by atoms with Gasteiger partial charge >= 0.3 is 0 Å². The van der Waals surface area contributed by atoms with Crippen LogP contribution < -0.4 is 16.0 Å². The maximum absolute atomic E-state index is 12.5. The second-order valence-electron chi connectivity index (χ2n) is 6.47. The smallest absolute Gasteiger partial charge is 0.252 e. The highest BCUT2D eigenvalue weighted by atomic mass is 35.5. The first-order chi connectivity index (χ1) is 11.5. The van der Waals surface area contributed by atoms with Crippen molar-refractivity contribution < 1.29 is 14.3 Å². The number of amides is 2.